The molecule has 0 atom stereocenters. The highest BCUT2D eigenvalue weighted by atomic mass is 32.1. The Morgan fingerprint density at radius 1 is 1.41 bits per heavy atom. The number of rotatable bonds is 4. The first kappa shape index (κ1) is 12.3. The van der Waals surface area contributed by atoms with Gasteiger partial charge in [-0.3, -0.25) is 0 Å². The number of aromatic nitrogens is 1. The number of nitrogens with zero attached hydrogens (tertiary/aromatic N) is 1. The molecular formula is C13H17FN2S. The highest BCUT2D eigenvalue weighted by molar-refractivity contribution is 7.22. The van der Waals surface area contributed by atoms with E-state index in [2.05, 4.69) is 31.1 Å². The fourth-order valence-corrected chi connectivity index (χ4v) is 2.96. The van der Waals surface area contributed by atoms with Gasteiger partial charge < -0.3 is 5.32 Å². The molecule has 2 aromatic rings. The number of anilines is 1. The zero-order chi connectivity index (χ0) is 12.5. The topological polar surface area (TPSA) is 24.9 Å². The van der Waals surface area contributed by atoms with Crippen molar-refractivity contribution in [2.75, 3.05) is 5.32 Å². The number of nitrogens with one attached hydrogen (secondary N) is 1. The minimum Gasteiger partial charge on any atom is -0.357 e. The van der Waals surface area contributed by atoms with Crippen LogP contribution in [-0.4, -0.2) is 10.5 Å². The Morgan fingerprint density at radius 2 is 2.18 bits per heavy atom. The van der Waals surface area contributed by atoms with Crippen LogP contribution in [0.2, 0.25) is 0 Å². The second kappa shape index (κ2) is 4.61. The van der Waals surface area contributed by atoms with Crippen LogP contribution in [0.25, 0.3) is 10.2 Å². The Morgan fingerprint density at radius 3 is 2.88 bits per heavy atom. The van der Waals surface area contributed by atoms with Crippen molar-refractivity contribution in [2.24, 2.45) is 0 Å². The van der Waals surface area contributed by atoms with E-state index >= 15 is 0 Å². The Kier molecular flexibility index (Phi) is 3.33. The molecule has 0 bridgehead atoms. The molecule has 0 aliphatic heterocycles. The second-order valence-corrected chi connectivity index (χ2v) is 5.92. The minimum absolute atomic E-state index is 0.0289. The molecule has 1 N–H and O–H groups in total. The summed E-state index contributed by atoms with van der Waals surface area (Å²) >= 11 is 1.57. The van der Waals surface area contributed by atoms with E-state index in [-0.39, 0.29) is 11.4 Å². The van der Waals surface area contributed by atoms with Crippen molar-refractivity contribution in [2.45, 2.75) is 39.2 Å². The Hall–Kier alpha value is -1.16. The van der Waals surface area contributed by atoms with Crippen molar-refractivity contribution in [3.8, 4) is 0 Å². The lowest BCUT2D eigenvalue weighted by atomic mass is 10.00. The Balaban J connectivity index is 2.25. The van der Waals surface area contributed by atoms with Gasteiger partial charge >= 0.3 is 0 Å². The van der Waals surface area contributed by atoms with E-state index in [0.29, 0.717) is 0 Å². The van der Waals surface area contributed by atoms with Gasteiger partial charge in [0.25, 0.3) is 0 Å². The number of halogens is 1. The van der Waals surface area contributed by atoms with Crippen molar-refractivity contribution < 1.29 is 4.39 Å². The van der Waals surface area contributed by atoms with Crippen LogP contribution in [0, 0.1) is 5.82 Å². The maximum absolute atomic E-state index is 13.0. The molecule has 4 heteroatoms. The van der Waals surface area contributed by atoms with Gasteiger partial charge in [0.05, 0.1) is 10.2 Å². The quantitative estimate of drug-likeness (QED) is 0.871. The molecule has 0 spiro atoms. The number of hydrogen-bond acceptors (Lipinski definition) is 3. The van der Waals surface area contributed by atoms with E-state index in [4.69, 9.17) is 0 Å². The van der Waals surface area contributed by atoms with Gasteiger partial charge in [-0.15, -0.1) is 0 Å². The van der Waals surface area contributed by atoms with Gasteiger partial charge in [-0.2, -0.15) is 0 Å². The van der Waals surface area contributed by atoms with Crippen LogP contribution in [0.3, 0.4) is 0 Å². The molecule has 17 heavy (non-hydrogen) atoms. The van der Waals surface area contributed by atoms with Crippen LogP contribution in [0.4, 0.5) is 9.52 Å². The third-order valence-electron chi connectivity index (χ3n) is 2.67. The molecule has 0 amide bonds. The van der Waals surface area contributed by atoms with Crippen molar-refractivity contribution >= 4 is 26.7 Å². The molecule has 2 nitrogen and oxygen atoms in total. The number of fused-ring (bicyclic) bond motifs is 1. The van der Waals surface area contributed by atoms with E-state index in [1.165, 1.54) is 12.1 Å². The molecule has 92 valence electrons. The first-order chi connectivity index (χ1) is 8.00. The van der Waals surface area contributed by atoms with E-state index < -0.39 is 0 Å². The summed E-state index contributed by atoms with van der Waals surface area (Å²) in [5, 5.41) is 4.28. The standard InChI is InChI=1S/C13H17FN2S/c1-4-7-13(2,3)16-12-15-10-8-9(14)5-6-11(10)17-12/h5-6,8H,4,7H2,1-3H3,(H,15,16). The molecular weight excluding hydrogens is 235 g/mol. The molecule has 0 unspecified atom stereocenters. The predicted molar refractivity (Wildman–Crippen MR) is 72.2 cm³/mol. The first-order valence-electron chi connectivity index (χ1n) is 5.84. The number of hydrogen-bond donors (Lipinski definition) is 1. The van der Waals surface area contributed by atoms with E-state index in [9.17, 15) is 4.39 Å². The first-order valence-corrected chi connectivity index (χ1v) is 6.66. The Bertz CT molecular complexity index is 519. The molecule has 0 saturated carbocycles. The van der Waals surface area contributed by atoms with Crippen molar-refractivity contribution in [1.29, 1.82) is 0 Å². The lowest BCUT2D eigenvalue weighted by molar-refractivity contribution is 0.511. The minimum atomic E-state index is -0.234. The van der Waals surface area contributed by atoms with Gasteiger partial charge in [0.15, 0.2) is 5.13 Å². The third-order valence-corrected chi connectivity index (χ3v) is 3.62. The zero-order valence-electron chi connectivity index (χ0n) is 10.4. The Labute approximate surface area is 105 Å². The average Bonchev–Trinajstić information content (AvgIpc) is 2.57. The lowest BCUT2D eigenvalue weighted by Gasteiger charge is -2.25. The van der Waals surface area contributed by atoms with Crippen molar-refractivity contribution in [1.82, 2.24) is 4.98 Å². The second-order valence-electron chi connectivity index (χ2n) is 4.89. The van der Waals surface area contributed by atoms with Crippen LogP contribution in [0.5, 0.6) is 0 Å². The summed E-state index contributed by atoms with van der Waals surface area (Å²) in [5.41, 5.74) is 0.756. The summed E-state index contributed by atoms with van der Waals surface area (Å²) in [5.74, 6) is -0.234. The van der Waals surface area contributed by atoms with Crippen LogP contribution < -0.4 is 5.32 Å². The van der Waals surface area contributed by atoms with Gasteiger partial charge in [0, 0.05) is 11.6 Å². The number of thiazole rings is 1. The van der Waals surface area contributed by atoms with Crippen LogP contribution >= 0.6 is 11.3 Å². The van der Waals surface area contributed by atoms with Crippen molar-refractivity contribution in [3.63, 3.8) is 0 Å². The van der Waals surface area contributed by atoms with Crippen LogP contribution in [-0.2, 0) is 0 Å². The smallest absolute Gasteiger partial charge is 0.184 e. The normalized spacial score (nSPS) is 12.0. The lowest BCUT2D eigenvalue weighted by Crippen LogP contribution is -2.30. The summed E-state index contributed by atoms with van der Waals surface area (Å²) in [4.78, 5) is 4.41. The molecule has 0 aliphatic rings. The zero-order valence-corrected chi connectivity index (χ0v) is 11.2. The monoisotopic (exact) mass is 252 g/mol. The molecule has 0 fully saturated rings. The van der Waals surface area contributed by atoms with Crippen molar-refractivity contribution in [3.05, 3.63) is 24.0 Å². The van der Waals surface area contributed by atoms with E-state index in [1.54, 1.807) is 17.4 Å². The molecule has 1 heterocycles. The van der Waals surface area contributed by atoms with Crippen LogP contribution in [0.15, 0.2) is 18.2 Å². The summed E-state index contributed by atoms with van der Waals surface area (Å²) in [6.07, 6.45) is 2.21. The highest BCUT2D eigenvalue weighted by Crippen LogP contribution is 2.29. The summed E-state index contributed by atoms with van der Waals surface area (Å²) in [6.45, 7) is 6.48. The van der Waals surface area contributed by atoms with Gasteiger partial charge in [-0.05, 0) is 32.4 Å². The molecule has 0 radical (unpaired) electrons. The van der Waals surface area contributed by atoms with Crippen LogP contribution in [0.1, 0.15) is 33.6 Å². The highest BCUT2D eigenvalue weighted by Gasteiger charge is 2.17. The molecule has 0 aliphatic carbocycles. The van der Waals surface area contributed by atoms with Gasteiger partial charge in [0.1, 0.15) is 5.82 Å². The molecule has 2 rings (SSSR count). The largest absolute Gasteiger partial charge is 0.357 e. The predicted octanol–water partition coefficient (Wildman–Crippen LogP) is 4.43. The fourth-order valence-electron chi connectivity index (χ4n) is 1.93. The average molecular weight is 252 g/mol. The maximum Gasteiger partial charge on any atom is 0.184 e. The maximum atomic E-state index is 13.0. The SMILES string of the molecule is CCCC(C)(C)Nc1nc2cc(F)ccc2s1. The van der Waals surface area contributed by atoms with Gasteiger partial charge in [0.2, 0.25) is 0 Å². The molecule has 1 aromatic carbocycles. The summed E-state index contributed by atoms with van der Waals surface area (Å²) in [6, 6.07) is 4.73. The summed E-state index contributed by atoms with van der Waals surface area (Å²) in [7, 11) is 0. The summed E-state index contributed by atoms with van der Waals surface area (Å²) < 4.78 is 14.1. The van der Waals surface area contributed by atoms with E-state index in [0.717, 1.165) is 28.2 Å². The number of benzene rings is 1. The van der Waals surface area contributed by atoms with Gasteiger partial charge in [-0.25, -0.2) is 9.37 Å². The third kappa shape index (κ3) is 2.94. The fraction of sp³-hybridized carbons (Fsp3) is 0.462. The van der Waals surface area contributed by atoms with Gasteiger partial charge in [-0.1, -0.05) is 24.7 Å². The van der Waals surface area contributed by atoms with E-state index in [1.807, 2.05) is 0 Å². The molecule has 0 saturated heterocycles. The molecule has 1 aromatic heterocycles.